The van der Waals surface area contributed by atoms with Gasteiger partial charge in [-0.2, -0.15) is 9.40 Å². The summed E-state index contributed by atoms with van der Waals surface area (Å²) in [6.45, 7) is 1.84. The Bertz CT molecular complexity index is 730. The minimum absolute atomic E-state index is 0.0108. The summed E-state index contributed by atoms with van der Waals surface area (Å²) in [6.07, 6.45) is 3.39. The molecule has 2 rings (SSSR count). The molecule has 0 spiro atoms. The van der Waals surface area contributed by atoms with Gasteiger partial charge >= 0.3 is 0 Å². The smallest absolute Gasteiger partial charge is 0.248 e. The van der Waals surface area contributed by atoms with Crippen LogP contribution in [0.15, 0.2) is 17.3 Å². The molecule has 2 aromatic heterocycles. The molecule has 110 valence electrons. The molecule has 0 saturated carbocycles. The highest BCUT2D eigenvalue weighted by atomic mass is 32.2. The first kappa shape index (κ1) is 14.5. The van der Waals surface area contributed by atoms with Crippen molar-refractivity contribution in [2.75, 3.05) is 12.8 Å². The molecule has 2 heterocycles. The number of rotatable bonds is 4. The monoisotopic (exact) mass is 298 g/mol. The van der Waals surface area contributed by atoms with Crippen molar-refractivity contribution in [3.63, 3.8) is 0 Å². The molecule has 0 radical (unpaired) electrons. The van der Waals surface area contributed by atoms with Crippen LogP contribution in [0.5, 0.6) is 0 Å². The maximum absolute atomic E-state index is 12.6. The average Bonchev–Trinajstić information content (AvgIpc) is 2.84. The number of nitrogens with two attached hydrogens (primary N) is 1. The number of nitrogen functional groups attached to an aromatic ring is 1. The van der Waals surface area contributed by atoms with E-state index in [1.165, 1.54) is 16.0 Å². The number of aromatic nitrogens is 4. The zero-order valence-electron chi connectivity index (χ0n) is 11.9. The lowest BCUT2D eigenvalue weighted by atomic mass is 10.5. The molecule has 0 aromatic carbocycles. The SMILES string of the molecule is Cc1c(S(=O)(=O)N(C)Cc2nccn2C)c(N)nn1C. The van der Waals surface area contributed by atoms with Gasteiger partial charge in [0, 0.05) is 33.5 Å². The molecule has 0 fully saturated rings. The lowest BCUT2D eigenvalue weighted by Crippen LogP contribution is -2.28. The molecule has 9 heteroatoms. The first-order chi connectivity index (χ1) is 9.25. The zero-order chi connectivity index (χ0) is 15.1. The standard InChI is InChI=1S/C11H18N6O2S/c1-8-10(11(12)14-17(8)4)20(18,19)16(3)7-9-13-5-6-15(9)2/h5-6H,7H2,1-4H3,(H2,12,14). The van der Waals surface area contributed by atoms with Crippen LogP contribution in [0.3, 0.4) is 0 Å². The van der Waals surface area contributed by atoms with E-state index in [4.69, 9.17) is 5.73 Å². The summed E-state index contributed by atoms with van der Waals surface area (Å²) < 4.78 is 29.6. The van der Waals surface area contributed by atoms with Gasteiger partial charge in [0.05, 0.1) is 12.2 Å². The largest absolute Gasteiger partial charge is 0.381 e. The van der Waals surface area contributed by atoms with E-state index in [1.807, 2.05) is 7.05 Å². The van der Waals surface area contributed by atoms with E-state index >= 15 is 0 Å². The summed E-state index contributed by atoms with van der Waals surface area (Å²) in [7, 11) is 1.26. The van der Waals surface area contributed by atoms with Crippen molar-refractivity contribution in [1.82, 2.24) is 23.6 Å². The van der Waals surface area contributed by atoms with E-state index in [0.717, 1.165) is 0 Å². The molecule has 0 saturated heterocycles. The molecular formula is C11H18N6O2S. The van der Waals surface area contributed by atoms with E-state index in [1.54, 1.807) is 30.9 Å². The minimum atomic E-state index is -3.70. The first-order valence-electron chi connectivity index (χ1n) is 5.96. The van der Waals surface area contributed by atoms with Crippen LogP contribution < -0.4 is 5.73 Å². The molecule has 0 atom stereocenters. The van der Waals surface area contributed by atoms with Crippen LogP contribution in [-0.4, -0.2) is 39.1 Å². The summed E-state index contributed by atoms with van der Waals surface area (Å²) >= 11 is 0. The van der Waals surface area contributed by atoms with Gasteiger partial charge in [-0.1, -0.05) is 0 Å². The Morgan fingerprint density at radius 2 is 2.05 bits per heavy atom. The van der Waals surface area contributed by atoms with Gasteiger partial charge in [-0.25, -0.2) is 13.4 Å². The van der Waals surface area contributed by atoms with Crippen LogP contribution >= 0.6 is 0 Å². The third kappa shape index (κ3) is 2.29. The number of sulfonamides is 1. The quantitative estimate of drug-likeness (QED) is 0.847. The van der Waals surface area contributed by atoms with Crippen molar-refractivity contribution in [2.45, 2.75) is 18.4 Å². The second kappa shape index (κ2) is 4.91. The molecule has 0 aliphatic carbocycles. The molecule has 20 heavy (non-hydrogen) atoms. The highest BCUT2D eigenvalue weighted by Gasteiger charge is 2.29. The number of aryl methyl sites for hydroxylation is 2. The Balaban J connectivity index is 2.37. The first-order valence-corrected chi connectivity index (χ1v) is 7.40. The number of anilines is 1. The van der Waals surface area contributed by atoms with Gasteiger partial charge < -0.3 is 10.3 Å². The maximum atomic E-state index is 12.6. The number of imidazole rings is 1. The van der Waals surface area contributed by atoms with Crippen molar-refractivity contribution in [3.8, 4) is 0 Å². The molecule has 0 aliphatic rings. The van der Waals surface area contributed by atoms with Crippen LogP contribution in [0.2, 0.25) is 0 Å². The normalized spacial score (nSPS) is 12.2. The van der Waals surface area contributed by atoms with Gasteiger partial charge in [0.1, 0.15) is 10.7 Å². The Morgan fingerprint density at radius 3 is 2.50 bits per heavy atom. The van der Waals surface area contributed by atoms with E-state index in [-0.39, 0.29) is 17.3 Å². The van der Waals surface area contributed by atoms with Crippen LogP contribution in [0, 0.1) is 6.92 Å². The van der Waals surface area contributed by atoms with Crippen LogP contribution in [0.1, 0.15) is 11.5 Å². The minimum Gasteiger partial charge on any atom is -0.381 e. The van der Waals surface area contributed by atoms with Crippen molar-refractivity contribution < 1.29 is 8.42 Å². The summed E-state index contributed by atoms with van der Waals surface area (Å²) in [5, 5.41) is 3.94. The fourth-order valence-electron chi connectivity index (χ4n) is 1.92. The molecule has 0 unspecified atom stereocenters. The van der Waals surface area contributed by atoms with Crippen LogP contribution in [-0.2, 0) is 30.7 Å². The lowest BCUT2D eigenvalue weighted by Gasteiger charge is -2.17. The third-order valence-electron chi connectivity index (χ3n) is 3.26. The van der Waals surface area contributed by atoms with Crippen LogP contribution in [0.25, 0.3) is 0 Å². The van der Waals surface area contributed by atoms with Crippen LogP contribution in [0.4, 0.5) is 5.82 Å². The molecule has 2 N–H and O–H groups in total. The van der Waals surface area contributed by atoms with Gasteiger partial charge in [0.2, 0.25) is 10.0 Å². The molecule has 0 aliphatic heterocycles. The second-order valence-electron chi connectivity index (χ2n) is 4.64. The summed E-state index contributed by atoms with van der Waals surface area (Å²) in [5.41, 5.74) is 6.22. The number of hydrogen-bond acceptors (Lipinski definition) is 5. The van der Waals surface area contributed by atoms with Crippen molar-refractivity contribution >= 4 is 15.8 Å². The summed E-state index contributed by atoms with van der Waals surface area (Å²) in [6, 6.07) is 0. The van der Waals surface area contributed by atoms with E-state index in [2.05, 4.69) is 10.1 Å². The lowest BCUT2D eigenvalue weighted by molar-refractivity contribution is 0.451. The fourth-order valence-corrected chi connectivity index (χ4v) is 3.33. The number of hydrogen-bond donors (Lipinski definition) is 1. The fraction of sp³-hybridized carbons (Fsp3) is 0.455. The van der Waals surface area contributed by atoms with E-state index < -0.39 is 10.0 Å². The average molecular weight is 298 g/mol. The van der Waals surface area contributed by atoms with Crippen molar-refractivity contribution in [3.05, 3.63) is 23.9 Å². The van der Waals surface area contributed by atoms with Crippen molar-refractivity contribution in [2.24, 2.45) is 14.1 Å². The molecular weight excluding hydrogens is 280 g/mol. The molecule has 8 nitrogen and oxygen atoms in total. The Morgan fingerprint density at radius 1 is 1.40 bits per heavy atom. The summed E-state index contributed by atoms with van der Waals surface area (Å²) in [4.78, 5) is 4.17. The predicted molar refractivity (Wildman–Crippen MR) is 74.2 cm³/mol. The van der Waals surface area contributed by atoms with E-state index in [0.29, 0.717) is 11.5 Å². The maximum Gasteiger partial charge on any atom is 0.248 e. The highest BCUT2D eigenvalue weighted by Crippen LogP contribution is 2.25. The van der Waals surface area contributed by atoms with Gasteiger partial charge in [0.15, 0.2) is 5.82 Å². The predicted octanol–water partition coefficient (Wildman–Crippen LogP) is -0.135. The summed E-state index contributed by atoms with van der Waals surface area (Å²) in [5.74, 6) is 0.660. The highest BCUT2D eigenvalue weighted by molar-refractivity contribution is 7.89. The van der Waals surface area contributed by atoms with Gasteiger partial charge in [-0.15, -0.1) is 0 Å². The number of nitrogens with zero attached hydrogens (tertiary/aromatic N) is 5. The molecule has 0 bridgehead atoms. The van der Waals surface area contributed by atoms with Gasteiger partial charge in [0.25, 0.3) is 0 Å². The van der Waals surface area contributed by atoms with Gasteiger partial charge in [-0.05, 0) is 6.92 Å². The molecule has 2 aromatic rings. The topological polar surface area (TPSA) is 99.0 Å². The zero-order valence-corrected chi connectivity index (χ0v) is 12.7. The third-order valence-corrected chi connectivity index (χ3v) is 5.23. The Labute approximate surface area is 117 Å². The van der Waals surface area contributed by atoms with Crippen molar-refractivity contribution in [1.29, 1.82) is 0 Å². The second-order valence-corrected chi connectivity index (χ2v) is 6.62. The Hall–Kier alpha value is -1.87. The van der Waals surface area contributed by atoms with E-state index in [9.17, 15) is 8.42 Å². The Kier molecular flexibility index (Phi) is 3.57. The van der Waals surface area contributed by atoms with Gasteiger partial charge in [-0.3, -0.25) is 4.68 Å². The molecule has 0 amide bonds.